The highest BCUT2D eigenvalue weighted by atomic mass is 79.9. The van der Waals surface area contributed by atoms with Gasteiger partial charge in [0.15, 0.2) is 0 Å². The van der Waals surface area contributed by atoms with E-state index < -0.39 is 11.8 Å². The zero-order chi connectivity index (χ0) is 14.1. The molecule has 0 atom stereocenters. The van der Waals surface area contributed by atoms with Crippen LogP contribution < -0.4 is 0 Å². The summed E-state index contributed by atoms with van der Waals surface area (Å²) in [5.74, 6) is -0.784. The Balaban J connectivity index is 1.90. The zero-order valence-electron chi connectivity index (χ0n) is 10.3. The number of benzene rings is 2. The van der Waals surface area contributed by atoms with E-state index in [1.807, 2.05) is 24.3 Å². The van der Waals surface area contributed by atoms with Gasteiger partial charge >= 0.3 is 0 Å². The van der Waals surface area contributed by atoms with Crippen LogP contribution in [0.5, 0.6) is 0 Å². The molecule has 2 aromatic carbocycles. The maximum Gasteiger partial charge on any atom is 0.282 e. The van der Waals surface area contributed by atoms with Gasteiger partial charge in [-0.3, -0.25) is 9.59 Å². The first kappa shape index (κ1) is 12.7. The summed E-state index contributed by atoms with van der Waals surface area (Å²) >= 11 is 3.35. The number of hydrogen-bond acceptors (Lipinski definition) is 3. The fourth-order valence-electron chi connectivity index (χ4n) is 1.99. The Labute approximate surface area is 123 Å². The third kappa shape index (κ3) is 2.16. The number of carbonyl (C=O) groups excluding carboxylic acids is 2. The largest absolute Gasteiger partial charge is 0.282 e. The average Bonchev–Trinajstić information content (AvgIpc) is 2.70. The predicted molar refractivity (Wildman–Crippen MR) is 78.7 cm³/mol. The van der Waals surface area contributed by atoms with E-state index in [9.17, 15) is 9.59 Å². The molecule has 20 heavy (non-hydrogen) atoms. The SMILES string of the molecule is O=C1c2ccccc2C(=O)N1/N=C\c1cccc(Br)c1. The van der Waals surface area contributed by atoms with Crippen molar-refractivity contribution in [2.45, 2.75) is 0 Å². The lowest BCUT2D eigenvalue weighted by atomic mass is 10.1. The van der Waals surface area contributed by atoms with Gasteiger partial charge in [0.1, 0.15) is 0 Å². The molecule has 1 aliphatic heterocycles. The molecule has 0 saturated carbocycles. The van der Waals surface area contributed by atoms with E-state index in [2.05, 4.69) is 21.0 Å². The van der Waals surface area contributed by atoms with Gasteiger partial charge in [0.2, 0.25) is 0 Å². The molecule has 0 N–H and O–H groups in total. The first-order chi connectivity index (χ1) is 9.66. The van der Waals surface area contributed by atoms with Crippen molar-refractivity contribution >= 4 is 34.0 Å². The third-order valence-electron chi connectivity index (χ3n) is 2.94. The highest BCUT2D eigenvalue weighted by molar-refractivity contribution is 9.10. The lowest BCUT2D eigenvalue weighted by Crippen LogP contribution is -2.23. The molecular formula is C15H9BrN2O2. The van der Waals surface area contributed by atoms with Crippen LogP contribution in [-0.4, -0.2) is 23.0 Å². The van der Waals surface area contributed by atoms with Gasteiger partial charge in [0.25, 0.3) is 11.8 Å². The summed E-state index contributed by atoms with van der Waals surface area (Å²) in [5.41, 5.74) is 1.59. The Morgan fingerprint density at radius 2 is 1.60 bits per heavy atom. The van der Waals surface area contributed by atoms with Gasteiger partial charge in [-0.2, -0.15) is 10.1 Å². The summed E-state index contributed by atoms with van der Waals surface area (Å²) in [4.78, 5) is 24.2. The summed E-state index contributed by atoms with van der Waals surface area (Å²) in [6, 6.07) is 14.1. The fourth-order valence-corrected chi connectivity index (χ4v) is 2.41. The Morgan fingerprint density at radius 1 is 0.950 bits per heavy atom. The van der Waals surface area contributed by atoms with Crippen LogP contribution in [-0.2, 0) is 0 Å². The molecule has 3 rings (SSSR count). The van der Waals surface area contributed by atoms with Crippen LogP contribution in [0.1, 0.15) is 26.3 Å². The molecule has 0 aromatic heterocycles. The van der Waals surface area contributed by atoms with Crippen molar-refractivity contribution in [3.63, 3.8) is 0 Å². The Morgan fingerprint density at radius 3 is 2.20 bits per heavy atom. The number of amides is 2. The minimum Gasteiger partial charge on any atom is -0.267 e. The van der Waals surface area contributed by atoms with Crippen LogP contribution in [0.3, 0.4) is 0 Å². The molecule has 0 saturated heterocycles. The fraction of sp³-hybridized carbons (Fsp3) is 0. The van der Waals surface area contributed by atoms with E-state index >= 15 is 0 Å². The van der Waals surface area contributed by atoms with Crippen LogP contribution in [0.15, 0.2) is 58.1 Å². The summed E-state index contributed by atoms with van der Waals surface area (Å²) in [6.45, 7) is 0. The summed E-state index contributed by atoms with van der Waals surface area (Å²) in [6.07, 6.45) is 1.49. The smallest absolute Gasteiger partial charge is 0.267 e. The quantitative estimate of drug-likeness (QED) is 0.628. The van der Waals surface area contributed by atoms with Gasteiger partial charge in [0.05, 0.1) is 17.3 Å². The number of carbonyl (C=O) groups is 2. The number of hydrogen-bond donors (Lipinski definition) is 0. The first-order valence-electron chi connectivity index (χ1n) is 5.94. The third-order valence-corrected chi connectivity index (χ3v) is 3.44. The molecule has 98 valence electrons. The second-order valence-corrected chi connectivity index (χ2v) is 5.18. The number of imide groups is 1. The van der Waals surface area contributed by atoms with Crippen LogP contribution in [0, 0.1) is 0 Å². The van der Waals surface area contributed by atoms with Crippen molar-refractivity contribution < 1.29 is 9.59 Å². The molecule has 0 radical (unpaired) electrons. The van der Waals surface area contributed by atoms with Crippen LogP contribution >= 0.6 is 15.9 Å². The molecule has 0 bridgehead atoms. The maximum absolute atomic E-state index is 12.1. The molecule has 0 unspecified atom stereocenters. The maximum atomic E-state index is 12.1. The molecule has 0 spiro atoms. The van der Waals surface area contributed by atoms with E-state index in [0.29, 0.717) is 11.1 Å². The van der Waals surface area contributed by atoms with E-state index in [-0.39, 0.29) is 0 Å². The van der Waals surface area contributed by atoms with E-state index in [4.69, 9.17) is 0 Å². The van der Waals surface area contributed by atoms with Crippen molar-refractivity contribution in [1.29, 1.82) is 0 Å². The first-order valence-corrected chi connectivity index (χ1v) is 6.73. The second-order valence-electron chi connectivity index (χ2n) is 4.27. The molecule has 1 heterocycles. The second kappa shape index (κ2) is 5.02. The van der Waals surface area contributed by atoms with Gasteiger partial charge in [-0.15, -0.1) is 0 Å². The van der Waals surface area contributed by atoms with Gasteiger partial charge in [-0.25, -0.2) is 0 Å². The molecular weight excluding hydrogens is 320 g/mol. The molecule has 0 fully saturated rings. The van der Waals surface area contributed by atoms with Gasteiger partial charge < -0.3 is 0 Å². The Bertz CT molecular complexity index is 705. The summed E-state index contributed by atoms with van der Waals surface area (Å²) in [5, 5.41) is 4.89. The van der Waals surface area contributed by atoms with Crippen LogP contribution in [0.4, 0.5) is 0 Å². The van der Waals surface area contributed by atoms with Gasteiger partial charge in [-0.05, 0) is 29.8 Å². The van der Waals surface area contributed by atoms with Crippen LogP contribution in [0.25, 0.3) is 0 Å². The topological polar surface area (TPSA) is 49.7 Å². The molecule has 1 aliphatic rings. The molecule has 2 aromatic rings. The van der Waals surface area contributed by atoms with Crippen molar-refractivity contribution in [2.24, 2.45) is 5.10 Å². The van der Waals surface area contributed by atoms with Crippen molar-refractivity contribution in [3.8, 4) is 0 Å². The normalized spacial score (nSPS) is 14.2. The summed E-state index contributed by atoms with van der Waals surface area (Å²) in [7, 11) is 0. The number of fused-ring (bicyclic) bond motifs is 1. The Hall–Kier alpha value is -2.27. The van der Waals surface area contributed by atoms with Gasteiger partial charge in [-0.1, -0.05) is 40.2 Å². The zero-order valence-corrected chi connectivity index (χ0v) is 11.9. The molecule has 5 heteroatoms. The van der Waals surface area contributed by atoms with Crippen molar-refractivity contribution in [1.82, 2.24) is 5.01 Å². The van der Waals surface area contributed by atoms with E-state index in [0.717, 1.165) is 15.0 Å². The lowest BCUT2D eigenvalue weighted by molar-refractivity contribution is 0.0660. The lowest BCUT2D eigenvalue weighted by Gasteiger charge is -2.05. The minimum absolute atomic E-state index is 0.392. The minimum atomic E-state index is -0.392. The molecule has 2 amide bonds. The number of hydrazone groups is 1. The van der Waals surface area contributed by atoms with Gasteiger partial charge in [0, 0.05) is 4.47 Å². The van der Waals surface area contributed by atoms with E-state index in [1.165, 1.54) is 6.21 Å². The highest BCUT2D eigenvalue weighted by Crippen LogP contribution is 2.22. The van der Waals surface area contributed by atoms with E-state index in [1.54, 1.807) is 24.3 Å². The standard InChI is InChI=1S/C15H9BrN2O2/c16-11-5-3-4-10(8-11)9-17-18-14(19)12-6-1-2-7-13(12)15(18)20/h1-9H/b17-9-. The predicted octanol–water partition coefficient (Wildman–Crippen LogP) is 3.08. The number of halogens is 1. The molecule has 0 aliphatic carbocycles. The average molecular weight is 329 g/mol. The number of nitrogens with zero attached hydrogens (tertiary/aromatic N) is 2. The van der Waals surface area contributed by atoms with Crippen molar-refractivity contribution in [3.05, 3.63) is 69.7 Å². The Kier molecular flexibility index (Phi) is 3.20. The molecule has 4 nitrogen and oxygen atoms in total. The van der Waals surface area contributed by atoms with Crippen molar-refractivity contribution in [2.75, 3.05) is 0 Å². The number of rotatable bonds is 2. The highest BCUT2D eigenvalue weighted by Gasteiger charge is 2.35. The monoisotopic (exact) mass is 328 g/mol. The van der Waals surface area contributed by atoms with Crippen LogP contribution in [0.2, 0.25) is 0 Å². The summed E-state index contributed by atoms with van der Waals surface area (Å²) < 4.78 is 0.906.